The fourth-order valence-corrected chi connectivity index (χ4v) is 4.64. The minimum Gasteiger partial charge on any atom is -0.491 e. The number of rotatable bonds is 5. The fourth-order valence-electron chi connectivity index (χ4n) is 4.64. The number of quaternary nitrogens is 1. The smallest absolute Gasteiger partial charge is 0.338 e. The van der Waals surface area contributed by atoms with E-state index in [9.17, 15) is 4.79 Å². The van der Waals surface area contributed by atoms with Crippen LogP contribution in [0.2, 0.25) is 0 Å². The Bertz CT molecular complexity index is 579. The van der Waals surface area contributed by atoms with Crippen LogP contribution < -0.4 is 4.74 Å². The van der Waals surface area contributed by atoms with Gasteiger partial charge in [-0.05, 0) is 63.8 Å². The number of fused-ring (bicyclic) bond motifs is 1. The molecule has 2 fully saturated rings. The molecule has 0 spiro atoms. The quantitative estimate of drug-likeness (QED) is 0.596. The summed E-state index contributed by atoms with van der Waals surface area (Å²) >= 11 is 0. The van der Waals surface area contributed by atoms with Gasteiger partial charge in [0.2, 0.25) is 0 Å². The summed E-state index contributed by atoms with van der Waals surface area (Å²) < 4.78 is 12.5. The molecule has 2 saturated heterocycles. The van der Waals surface area contributed by atoms with Gasteiger partial charge in [-0.15, -0.1) is 0 Å². The zero-order chi connectivity index (χ0) is 17.9. The lowest BCUT2D eigenvalue weighted by molar-refractivity contribution is -0.947. The number of carbonyl (C=O) groups is 1. The Labute approximate surface area is 151 Å². The number of esters is 1. The monoisotopic (exact) mass is 346 g/mol. The second-order valence-corrected chi connectivity index (χ2v) is 8.18. The summed E-state index contributed by atoms with van der Waals surface area (Å²) in [5, 5.41) is 0. The first-order valence-corrected chi connectivity index (χ1v) is 9.76. The maximum atomic E-state index is 12.4. The molecule has 3 atom stereocenters. The Morgan fingerprint density at radius 3 is 2.56 bits per heavy atom. The van der Waals surface area contributed by atoms with Gasteiger partial charge in [0, 0.05) is 12.3 Å². The van der Waals surface area contributed by atoms with Crippen molar-refractivity contribution in [3.05, 3.63) is 29.8 Å². The molecule has 0 saturated carbocycles. The van der Waals surface area contributed by atoms with Gasteiger partial charge in [-0.1, -0.05) is 0 Å². The van der Waals surface area contributed by atoms with E-state index in [1.54, 1.807) is 12.1 Å². The fraction of sp³-hybridized carbons (Fsp3) is 0.667. The van der Waals surface area contributed by atoms with Crippen LogP contribution in [0.15, 0.2) is 24.3 Å². The molecule has 2 heterocycles. The van der Waals surface area contributed by atoms with Crippen molar-refractivity contribution >= 4 is 5.97 Å². The molecule has 138 valence electrons. The zero-order valence-electron chi connectivity index (χ0n) is 15.9. The van der Waals surface area contributed by atoms with Gasteiger partial charge >= 0.3 is 5.97 Å². The van der Waals surface area contributed by atoms with E-state index < -0.39 is 0 Å². The first-order valence-electron chi connectivity index (χ1n) is 9.76. The average molecular weight is 346 g/mol. The van der Waals surface area contributed by atoms with Crippen molar-refractivity contribution in [1.82, 2.24) is 0 Å². The van der Waals surface area contributed by atoms with E-state index in [4.69, 9.17) is 9.47 Å². The van der Waals surface area contributed by atoms with Crippen LogP contribution in [-0.2, 0) is 4.74 Å². The van der Waals surface area contributed by atoms with Crippen molar-refractivity contribution in [2.45, 2.75) is 58.1 Å². The maximum absolute atomic E-state index is 12.4. The molecule has 4 heteroatoms. The van der Waals surface area contributed by atoms with Gasteiger partial charge < -0.3 is 14.0 Å². The van der Waals surface area contributed by atoms with E-state index in [1.807, 2.05) is 26.0 Å². The van der Waals surface area contributed by atoms with E-state index in [2.05, 4.69) is 7.05 Å². The van der Waals surface area contributed by atoms with E-state index in [0.717, 1.165) is 5.75 Å². The Morgan fingerprint density at radius 1 is 1.12 bits per heavy atom. The summed E-state index contributed by atoms with van der Waals surface area (Å²) in [6.07, 6.45) is 6.50. The number of hydrogen-bond acceptors (Lipinski definition) is 3. The van der Waals surface area contributed by atoms with Crippen molar-refractivity contribution in [2.75, 3.05) is 26.7 Å². The maximum Gasteiger partial charge on any atom is 0.338 e. The molecule has 0 radical (unpaired) electrons. The summed E-state index contributed by atoms with van der Waals surface area (Å²) in [6, 6.07) is 7.93. The van der Waals surface area contributed by atoms with E-state index >= 15 is 0 Å². The van der Waals surface area contributed by atoms with Crippen LogP contribution in [-0.4, -0.2) is 49.3 Å². The lowest BCUT2D eigenvalue weighted by Crippen LogP contribution is -2.61. The van der Waals surface area contributed by atoms with Crippen LogP contribution in [0.3, 0.4) is 0 Å². The molecular formula is C21H32NO3+. The number of benzene rings is 1. The number of ether oxygens (including phenoxy) is 2. The standard InChI is InChI=1S/C21H32NO3/c1-16(2)25-19-11-9-17(10-12-19)21(23)24-15-18-7-6-14-22(3)13-5-4-8-20(18)22/h9-12,16,18,20H,4-8,13-15H2,1-3H3/q+1. The molecule has 2 aliphatic rings. The molecule has 4 nitrogen and oxygen atoms in total. The van der Waals surface area contributed by atoms with Crippen molar-refractivity contribution in [3.63, 3.8) is 0 Å². The normalized spacial score (nSPS) is 29.1. The van der Waals surface area contributed by atoms with Crippen LogP contribution in [0.1, 0.15) is 56.3 Å². The third kappa shape index (κ3) is 4.35. The summed E-state index contributed by atoms with van der Waals surface area (Å²) in [6.45, 7) is 7.11. The Balaban J connectivity index is 1.56. The van der Waals surface area contributed by atoms with E-state index in [0.29, 0.717) is 24.1 Å². The summed E-state index contributed by atoms with van der Waals surface area (Å²) in [5.41, 5.74) is 0.604. The van der Waals surface area contributed by atoms with Crippen LogP contribution in [0.4, 0.5) is 0 Å². The minimum absolute atomic E-state index is 0.132. The lowest BCUT2D eigenvalue weighted by atomic mass is 9.82. The van der Waals surface area contributed by atoms with Gasteiger partial charge in [-0.25, -0.2) is 4.79 Å². The van der Waals surface area contributed by atoms with Gasteiger partial charge in [0.05, 0.1) is 37.8 Å². The first kappa shape index (κ1) is 18.2. The molecule has 3 rings (SSSR count). The lowest BCUT2D eigenvalue weighted by Gasteiger charge is -2.51. The average Bonchev–Trinajstić information content (AvgIpc) is 2.59. The molecule has 3 unspecified atom stereocenters. The molecule has 0 N–H and O–H groups in total. The number of piperidine rings is 2. The van der Waals surface area contributed by atoms with Gasteiger partial charge in [0.1, 0.15) is 12.4 Å². The first-order chi connectivity index (χ1) is 12.0. The van der Waals surface area contributed by atoms with E-state index in [1.165, 1.54) is 49.7 Å². The van der Waals surface area contributed by atoms with Gasteiger partial charge in [-0.2, -0.15) is 0 Å². The predicted octanol–water partition coefficient (Wildman–Crippen LogP) is 4.04. The van der Waals surface area contributed by atoms with Crippen LogP contribution >= 0.6 is 0 Å². The second-order valence-electron chi connectivity index (χ2n) is 8.18. The second kappa shape index (κ2) is 7.77. The minimum atomic E-state index is -0.216. The van der Waals surface area contributed by atoms with Crippen LogP contribution in [0, 0.1) is 5.92 Å². The van der Waals surface area contributed by atoms with Crippen molar-refractivity contribution in [3.8, 4) is 5.75 Å². The van der Waals surface area contributed by atoms with Gasteiger partial charge in [0.25, 0.3) is 0 Å². The summed E-state index contributed by atoms with van der Waals surface area (Å²) in [5.74, 6) is 1.08. The van der Waals surface area contributed by atoms with Crippen LogP contribution in [0.25, 0.3) is 0 Å². The summed E-state index contributed by atoms with van der Waals surface area (Å²) in [7, 11) is 2.39. The number of nitrogens with zero attached hydrogens (tertiary/aromatic N) is 1. The predicted molar refractivity (Wildman–Crippen MR) is 98.8 cm³/mol. The van der Waals surface area contributed by atoms with Gasteiger partial charge in [-0.3, -0.25) is 0 Å². The van der Waals surface area contributed by atoms with Crippen molar-refractivity contribution in [2.24, 2.45) is 5.92 Å². The highest BCUT2D eigenvalue weighted by atomic mass is 16.5. The zero-order valence-corrected chi connectivity index (χ0v) is 15.9. The molecule has 2 aliphatic heterocycles. The van der Waals surface area contributed by atoms with Crippen molar-refractivity contribution < 1.29 is 18.8 Å². The molecule has 1 aromatic rings. The topological polar surface area (TPSA) is 35.5 Å². The van der Waals surface area contributed by atoms with E-state index in [-0.39, 0.29) is 12.1 Å². The van der Waals surface area contributed by atoms with Crippen LogP contribution in [0.5, 0.6) is 5.75 Å². The largest absolute Gasteiger partial charge is 0.491 e. The Morgan fingerprint density at radius 2 is 1.84 bits per heavy atom. The SMILES string of the molecule is CC(C)Oc1ccc(C(=O)OCC2CCC[N+]3(C)CCCCC23)cc1. The highest BCUT2D eigenvalue weighted by molar-refractivity contribution is 5.89. The summed E-state index contributed by atoms with van der Waals surface area (Å²) in [4.78, 5) is 12.4. The highest BCUT2D eigenvalue weighted by Crippen LogP contribution is 2.36. The highest BCUT2D eigenvalue weighted by Gasteiger charge is 2.43. The molecule has 25 heavy (non-hydrogen) atoms. The molecule has 0 aliphatic carbocycles. The molecular weight excluding hydrogens is 314 g/mol. The Hall–Kier alpha value is -1.55. The molecule has 0 amide bonds. The third-order valence-electron chi connectivity index (χ3n) is 5.90. The number of carbonyl (C=O) groups excluding carboxylic acids is 1. The van der Waals surface area contributed by atoms with Gasteiger partial charge in [0.15, 0.2) is 0 Å². The van der Waals surface area contributed by atoms with Crippen molar-refractivity contribution in [1.29, 1.82) is 0 Å². The molecule has 1 aromatic carbocycles. The third-order valence-corrected chi connectivity index (χ3v) is 5.90. The number of hydrogen-bond donors (Lipinski definition) is 0. The molecule has 0 aromatic heterocycles. The Kier molecular flexibility index (Phi) is 5.67. The molecule has 0 bridgehead atoms.